The molecule has 0 aliphatic rings. The Morgan fingerprint density at radius 3 is 2.81 bits per heavy atom. The van der Waals surface area contributed by atoms with Gasteiger partial charge in [0.2, 0.25) is 10.5 Å². The first-order chi connectivity index (χ1) is 13.0. The van der Waals surface area contributed by atoms with Crippen molar-refractivity contribution in [2.75, 3.05) is 13.7 Å². The maximum Gasteiger partial charge on any atom is 0.315 e. The quantitative estimate of drug-likeness (QED) is 0.216. The maximum atomic E-state index is 11.5. The summed E-state index contributed by atoms with van der Waals surface area (Å²) in [6.07, 6.45) is 4.79. The molecular weight excluding hydrogens is 370 g/mol. The van der Waals surface area contributed by atoms with Crippen LogP contribution in [0, 0.1) is 14.9 Å². The number of hydrogen-bond acceptors (Lipinski definition) is 7. The highest BCUT2D eigenvalue weighted by molar-refractivity contribution is 7.71. The van der Waals surface area contributed by atoms with E-state index in [9.17, 15) is 10.1 Å². The number of methoxy groups -OCH3 is 1. The van der Waals surface area contributed by atoms with Crippen molar-refractivity contribution < 1.29 is 14.4 Å². The Morgan fingerprint density at radius 2 is 2.19 bits per heavy atom. The van der Waals surface area contributed by atoms with Crippen molar-refractivity contribution in [1.82, 2.24) is 14.9 Å². The molecule has 1 aromatic heterocycles. The van der Waals surface area contributed by atoms with E-state index in [-0.39, 0.29) is 17.2 Å². The van der Waals surface area contributed by atoms with Crippen LogP contribution >= 0.6 is 12.2 Å². The van der Waals surface area contributed by atoms with Crippen LogP contribution in [0.15, 0.2) is 17.2 Å². The first kappa shape index (κ1) is 20.6. The molecule has 1 heterocycles. The number of aromatic nitrogens is 3. The van der Waals surface area contributed by atoms with Crippen molar-refractivity contribution in [2.24, 2.45) is 5.10 Å². The number of H-pyrrole nitrogens is 1. The number of nitro benzene ring substituents is 1. The molecule has 2 aromatic rings. The number of hydrogen-bond donors (Lipinski definition) is 1. The number of nitrogens with one attached hydrogen (secondary N) is 1. The Bertz CT molecular complexity index is 875. The summed E-state index contributed by atoms with van der Waals surface area (Å²) in [6, 6.07) is 3.04. The molecule has 27 heavy (non-hydrogen) atoms. The van der Waals surface area contributed by atoms with E-state index in [1.165, 1.54) is 24.1 Å². The van der Waals surface area contributed by atoms with Crippen LogP contribution in [0.4, 0.5) is 5.69 Å². The smallest absolute Gasteiger partial charge is 0.315 e. The summed E-state index contributed by atoms with van der Waals surface area (Å²) in [6.45, 7) is 4.42. The van der Waals surface area contributed by atoms with Crippen LogP contribution in [0.2, 0.25) is 0 Å². The third-order valence-electron chi connectivity index (χ3n) is 3.73. The van der Waals surface area contributed by atoms with E-state index in [1.54, 1.807) is 6.07 Å². The highest BCUT2D eigenvalue weighted by atomic mass is 32.1. The van der Waals surface area contributed by atoms with Crippen molar-refractivity contribution in [3.8, 4) is 11.5 Å². The summed E-state index contributed by atoms with van der Waals surface area (Å²) in [5.74, 6) is 1.10. The molecule has 0 spiro atoms. The zero-order chi connectivity index (χ0) is 19.8. The molecule has 10 heteroatoms. The molecule has 0 radical (unpaired) electrons. The highest BCUT2D eigenvalue weighted by Crippen LogP contribution is 2.38. The minimum Gasteiger partial charge on any atom is -0.493 e. The Morgan fingerprint density at radius 1 is 1.41 bits per heavy atom. The van der Waals surface area contributed by atoms with Gasteiger partial charge in [-0.05, 0) is 31.1 Å². The molecule has 1 aromatic carbocycles. The molecule has 0 saturated carbocycles. The molecule has 0 amide bonds. The number of nitro groups is 1. The van der Waals surface area contributed by atoms with Crippen LogP contribution in [0.25, 0.3) is 0 Å². The molecule has 146 valence electrons. The molecule has 0 atom stereocenters. The second kappa shape index (κ2) is 9.81. The number of rotatable bonds is 10. The molecule has 9 nitrogen and oxygen atoms in total. The molecule has 0 fully saturated rings. The largest absolute Gasteiger partial charge is 0.493 e. The molecule has 2 rings (SSSR count). The van der Waals surface area contributed by atoms with Crippen LogP contribution in [0.5, 0.6) is 11.5 Å². The second-order valence-corrected chi connectivity index (χ2v) is 6.17. The van der Waals surface area contributed by atoms with Crippen molar-refractivity contribution in [3.05, 3.63) is 38.4 Å². The first-order valence-corrected chi connectivity index (χ1v) is 9.12. The Balaban J connectivity index is 2.40. The number of ether oxygens (including phenoxy) is 2. The third-order valence-corrected chi connectivity index (χ3v) is 4.00. The van der Waals surface area contributed by atoms with Gasteiger partial charge in [0, 0.05) is 18.1 Å². The average molecular weight is 393 g/mol. The van der Waals surface area contributed by atoms with E-state index in [0.717, 1.165) is 19.3 Å². The van der Waals surface area contributed by atoms with Gasteiger partial charge in [0.25, 0.3) is 0 Å². The average Bonchev–Trinajstić information content (AvgIpc) is 3.00. The van der Waals surface area contributed by atoms with Crippen LogP contribution < -0.4 is 9.47 Å². The minimum atomic E-state index is -0.493. The van der Waals surface area contributed by atoms with E-state index in [2.05, 4.69) is 15.3 Å². The van der Waals surface area contributed by atoms with Gasteiger partial charge in [-0.1, -0.05) is 20.3 Å². The van der Waals surface area contributed by atoms with Crippen molar-refractivity contribution >= 4 is 24.1 Å². The fourth-order valence-electron chi connectivity index (χ4n) is 2.39. The summed E-state index contributed by atoms with van der Waals surface area (Å²) in [4.78, 5) is 11.0. The summed E-state index contributed by atoms with van der Waals surface area (Å²) in [5, 5.41) is 22.6. The van der Waals surface area contributed by atoms with Gasteiger partial charge in [-0.3, -0.25) is 15.2 Å². The number of benzene rings is 1. The third kappa shape index (κ3) is 5.13. The summed E-state index contributed by atoms with van der Waals surface area (Å²) in [7, 11) is 1.44. The monoisotopic (exact) mass is 393 g/mol. The predicted octanol–water partition coefficient (Wildman–Crippen LogP) is 3.87. The van der Waals surface area contributed by atoms with Gasteiger partial charge < -0.3 is 9.47 Å². The van der Waals surface area contributed by atoms with Gasteiger partial charge in [0.1, 0.15) is 0 Å². The van der Waals surface area contributed by atoms with Gasteiger partial charge in [0.15, 0.2) is 11.6 Å². The van der Waals surface area contributed by atoms with Crippen LogP contribution in [-0.4, -0.2) is 39.7 Å². The maximum absolute atomic E-state index is 11.5. The van der Waals surface area contributed by atoms with Crippen LogP contribution in [-0.2, 0) is 6.42 Å². The Kier molecular flexibility index (Phi) is 7.47. The van der Waals surface area contributed by atoms with E-state index in [0.29, 0.717) is 29.2 Å². The second-order valence-electron chi connectivity index (χ2n) is 5.78. The number of nitrogens with zero attached hydrogens (tertiary/aromatic N) is 4. The number of aryl methyl sites for hydroxylation is 1. The molecule has 0 aliphatic carbocycles. The Labute approximate surface area is 162 Å². The van der Waals surface area contributed by atoms with E-state index in [1.807, 2.05) is 13.8 Å². The zero-order valence-corrected chi connectivity index (χ0v) is 16.4. The molecular formula is C17H23N5O4S. The SMILES string of the molecule is CCCCOc1c(OC)cc(/C=N\n2c(CCC)n[nH]c2=S)cc1[N+](=O)[O-]. The lowest BCUT2D eigenvalue weighted by atomic mass is 10.2. The normalized spacial score (nSPS) is 11.1. The molecule has 0 saturated heterocycles. The molecule has 0 aliphatic heterocycles. The van der Waals surface area contributed by atoms with Crippen molar-refractivity contribution in [1.29, 1.82) is 0 Å². The van der Waals surface area contributed by atoms with E-state index >= 15 is 0 Å². The van der Waals surface area contributed by atoms with Crippen molar-refractivity contribution in [2.45, 2.75) is 39.5 Å². The van der Waals surface area contributed by atoms with Gasteiger partial charge in [0.05, 0.1) is 24.9 Å². The standard InChI is InChI=1S/C17H23N5O4S/c1-4-6-8-26-16-13(22(23)24)9-12(10-14(16)25-3)11-18-21-15(7-5-2)19-20-17(21)27/h9-11H,4-8H2,1-3H3,(H,20,27)/b18-11-. The molecule has 1 N–H and O–H groups in total. The summed E-state index contributed by atoms with van der Waals surface area (Å²) >= 11 is 5.18. The van der Waals surface area contributed by atoms with Crippen molar-refractivity contribution in [3.63, 3.8) is 0 Å². The van der Waals surface area contributed by atoms with E-state index < -0.39 is 4.92 Å². The summed E-state index contributed by atoms with van der Waals surface area (Å²) in [5.41, 5.74) is 0.323. The Hall–Kier alpha value is -2.75. The lowest BCUT2D eigenvalue weighted by molar-refractivity contribution is -0.386. The van der Waals surface area contributed by atoms with E-state index in [4.69, 9.17) is 21.7 Å². The van der Waals surface area contributed by atoms with Gasteiger partial charge >= 0.3 is 5.69 Å². The van der Waals surface area contributed by atoms with Gasteiger partial charge in [-0.2, -0.15) is 14.9 Å². The molecule has 0 unspecified atom stereocenters. The van der Waals surface area contributed by atoms with Crippen LogP contribution in [0.3, 0.4) is 0 Å². The lowest BCUT2D eigenvalue weighted by Gasteiger charge is -2.11. The van der Waals surface area contributed by atoms with Gasteiger partial charge in [-0.25, -0.2) is 0 Å². The minimum absolute atomic E-state index is 0.125. The number of aromatic amines is 1. The lowest BCUT2D eigenvalue weighted by Crippen LogP contribution is -2.04. The zero-order valence-electron chi connectivity index (χ0n) is 15.6. The molecule has 0 bridgehead atoms. The topological polar surface area (TPSA) is 108 Å². The first-order valence-electron chi connectivity index (χ1n) is 8.71. The van der Waals surface area contributed by atoms with Crippen LogP contribution in [0.1, 0.15) is 44.5 Å². The predicted molar refractivity (Wildman–Crippen MR) is 104 cm³/mol. The highest BCUT2D eigenvalue weighted by Gasteiger charge is 2.22. The fourth-order valence-corrected chi connectivity index (χ4v) is 2.58. The fraction of sp³-hybridized carbons (Fsp3) is 0.471. The number of unbranched alkanes of at least 4 members (excludes halogenated alkanes) is 1. The van der Waals surface area contributed by atoms with Gasteiger partial charge in [-0.15, -0.1) is 0 Å². The summed E-state index contributed by atoms with van der Waals surface area (Å²) < 4.78 is 12.7.